The van der Waals surface area contributed by atoms with Crippen LogP contribution in [0.25, 0.3) is 0 Å². The number of hydrogen-bond acceptors (Lipinski definition) is 2. The van der Waals surface area contributed by atoms with Crippen LogP contribution in [0.5, 0.6) is 0 Å². The fourth-order valence-corrected chi connectivity index (χ4v) is 1.00. The fraction of sp³-hybridized carbons (Fsp3) is 0.250. The third-order valence-electron chi connectivity index (χ3n) is 0.806. The average molecular weight is 166 g/mol. The molecular weight excluding hydrogens is 159 g/mol. The monoisotopic (exact) mass is 166 g/mol. The molecule has 0 aliphatic heterocycles. The van der Waals surface area contributed by atoms with Crippen molar-refractivity contribution >= 4 is 13.6 Å². The summed E-state index contributed by atoms with van der Waals surface area (Å²) in [7, 11) is -4.57. The van der Waals surface area contributed by atoms with Gasteiger partial charge in [-0.05, 0) is 6.92 Å². The number of carboxylic acids is 1. The molecule has 0 amide bonds. The van der Waals surface area contributed by atoms with Gasteiger partial charge in [-0.2, -0.15) is 0 Å². The third kappa shape index (κ3) is 2.31. The molecule has 3 N–H and O–H groups in total. The van der Waals surface area contributed by atoms with Crippen LogP contribution in [0.4, 0.5) is 0 Å². The van der Waals surface area contributed by atoms with Crippen molar-refractivity contribution in [1.82, 2.24) is 0 Å². The lowest BCUT2D eigenvalue weighted by Gasteiger charge is -2.01. The fourth-order valence-electron chi connectivity index (χ4n) is 0.416. The van der Waals surface area contributed by atoms with Gasteiger partial charge in [0.15, 0.2) is 0 Å². The molecule has 0 bridgehead atoms. The summed E-state index contributed by atoms with van der Waals surface area (Å²) >= 11 is 0. The molecule has 10 heavy (non-hydrogen) atoms. The lowest BCUT2D eigenvalue weighted by Crippen LogP contribution is -2.00. The first-order chi connectivity index (χ1) is 4.39. The maximum atomic E-state index is 10.2. The minimum atomic E-state index is -4.57. The lowest BCUT2D eigenvalue weighted by atomic mass is 10.5. The van der Waals surface area contributed by atoms with E-state index >= 15 is 0 Å². The first-order valence-electron chi connectivity index (χ1n) is 2.35. The third-order valence-corrected chi connectivity index (χ3v) is 1.88. The Bertz CT molecular complexity index is 212. The van der Waals surface area contributed by atoms with Crippen molar-refractivity contribution in [3.05, 3.63) is 11.4 Å². The molecular formula is C4H7O5P. The maximum absolute atomic E-state index is 10.2. The van der Waals surface area contributed by atoms with Gasteiger partial charge in [-0.15, -0.1) is 0 Å². The van der Waals surface area contributed by atoms with Gasteiger partial charge in [0.05, 0.1) is 0 Å². The molecule has 0 aromatic carbocycles. The zero-order chi connectivity index (χ0) is 8.36. The Kier molecular flexibility index (Phi) is 2.77. The number of carbonyl (C=O) groups is 1. The molecule has 0 aromatic rings. The van der Waals surface area contributed by atoms with Crippen LogP contribution >= 0.6 is 7.60 Å². The zero-order valence-corrected chi connectivity index (χ0v) is 6.08. The number of rotatable bonds is 2. The lowest BCUT2D eigenvalue weighted by molar-refractivity contribution is -0.132. The number of aliphatic carboxylic acids is 1. The van der Waals surface area contributed by atoms with E-state index in [1.54, 1.807) is 0 Å². The van der Waals surface area contributed by atoms with Crippen LogP contribution in [0.1, 0.15) is 6.92 Å². The van der Waals surface area contributed by atoms with Crippen LogP contribution in [0.2, 0.25) is 0 Å². The molecule has 0 aromatic heterocycles. The molecule has 0 atom stereocenters. The average Bonchev–Trinajstić information content (AvgIpc) is 1.60. The van der Waals surface area contributed by atoms with Crippen molar-refractivity contribution in [2.45, 2.75) is 6.92 Å². The molecule has 0 saturated heterocycles. The van der Waals surface area contributed by atoms with Crippen LogP contribution in [-0.4, -0.2) is 20.9 Å². The van der Waals surface area contributed by atoms with Crippen molar-refractivity contribution in [3.8, 4) is 0 Å². The quantitative estimate of drug-likeness (QED) is 0.401. The standard InChI is InChI=1S/C4H7O5P/c1-2-3(4(5)6)10(7,8)9/h2H,1H3,(H,5,6)(H2,7,8,9). The second kappa shape index (κ2) is 2.96. The Morgan fingerprint density at radius 2 is 1.90 bits per heavy atom. The predicted octanol–water partition coefficient (Wildman–Crippen LogP) is 0.152. The Morgan fingerprint density at radius 3 is 1.90 bits per heavy atom. The Balaban J connectivity index is 4.75. The van der Waals surface area contributed by atoms with E-state index < -0.39 is 18.9 Å². The minimum absolute atomic E-state index is 0.868. The van der Waals surface area contributed by atoms with E-state index in [-0.39, 0.29) is 0 Å². The van der Waals surface area contributed by atoms with E-state index in [2.05, 4.69) is 0 Å². The van der Waals surface area contributed by atoms with Crippen molar-refractivity contribution in [1.29, 1.82) is 0 Å². The van der Waals surface area contributed by atoms with E-state index in [4.69, 9.17) is 14.9 Å². The molecule has 0 aliphatic rings. The highest BCUT2D eigenvalue weighted by Crippen LogP contribution is 2.44. The van der Waals surface area contributed by atoms with Crippen molar-refractivity contribution in [2.75, 3.05) is 0 Å². The van der Waals surface area contributed by atoms with Gasteiger partial charge in [-0.25, -0.2) is 4.79 Å². The van der Waals surface area contributed by atoms with Crippen LogP contribution in [0, 0.1) is 0 Å². The SMILES string of the molecule is CC=C(C(=O)O)P(=O)(O)O. The van der Waals surface area contributed by atoms with E-state index in [1.807, 2.05) is 0 Å². The van der Waals surface area contributed by atoms with Crippen LogP contribution in [-0.2, 0) is 9.36 Å². The molecule has 0 radical (unpaired) electrons. The smallest absolute Gasteiger partial charge is 0.363 e. The molecule has 0 fully saturated rings. The first kappa shape index (κ1) is 9.36. The van der Waals surface area contributed by atoms with Gasteiger partial charge >= 0.3 is 13.6 Å². The van der Waals surface area contributed by atoms with Gasteiger partial charge in [0.1, 0.15) is 5.31 Å². The van der Waals surface area contributed by atoms with Crippen molar-refractivity contribution in [3.63, 3.8) is 0 Å². The van der Waals surface area contributed by atoms with Gasteiger partial charge in [0.2, 0.25) is 0 Å². The van der Waals surface area contributed by atoms with Gasteiger partial charge in [-0.3, -0.25) is 4.57 Å². The Morgan fingerprint density at radius 1 is 1.50 bits per heavy atom. The van der Waals surface area contributed by atoms with Gasteiger partial charge in [-0.1, -0.05) is 6.08 Å². The maximum Gasteiger partial charge on any atom is 0.363 e. The van der Waals surface area contributed by atoms with E-state index in [0.717, 1.165) is 6.08 Å². The molecule has 6 heteroatoms. The largest absolute Gasteiger partial charge is 0.477 e. The van der Waals surface area contributed by atoms with E-state index in [0.29, 0.717) is 0 Å². The highest BCUT2D eigenvalue weighted by Gasteiger charge is 2.26. The number of allylic oxidation sites excluding steroid dienone is 1. The summed E-state index contributed by atoms with van der Waals surface area (Å²) in [5.41, 5.74) is 0. The summed E-state index contributed by atoms with van der Waals surface area (Å²) in [4.78, 5) is 26.6. The minimum Gasteiger partial charge on any atom is -0.477 e. The summed E-state index contributed by atoms with van der Waals surface area (Å²) in [5, 5.41) is 7.28. The van der Waals surface area contributed by atoms with Crippen LogP contribution in [0.15, 0.2) is 11.4 Å². The predicted molar refractivity (Wildman–Crippen MR) is 33.4 cm³/mol. The highest BCUT2D eigenvalue weighted by molar-refractivity contribution is 7.57. The second-order valence-corrected chi connectivity index (χ2v) is 3.09. The molecule has 0 saturated carbocycles. The second-order valence-electron chi connectivity index (χ2n) is 1.52. The normalized spacial score (nSPS) is 13.3. The molecule has 58 valence electrons. The summed E-state index contributed by atoms with van der Waals surface area (Å²) in [6.07, 6.45) is 0.878. The van der Waals surface area contributed by atoms with Crippen molar-refractivity contribution in [2.24, 2.45) is 0 Å². The van der Waals surface area contributed by atoms with Gasteiger partial charge in [0.25, 0.3) is 0 Å². The molecule has 0 heterocycles. The molecule has 0 unspecified atom stereocenters. The van der Waals surface area contributed by atoms with Crippen LogP contribution in [0.3, 0.4) is 0 Å². The summed E-state index contributed by atoms with van der Waals surface area (Å²) in [5.74, 6) is -1.59. The molecule has 0 rings (SSSR count). The van der Waals surface area contributed by atoms with Gasteiger partial charge < -0.3 is 14.9 Å². The topological polar surface area (TPSA) is 94.8 Å². The summed E-state index contributed by atoms with van der Waals surface area (Å²) in [6.45, 7) is 1.25. The molecule has 0 aliphatic carbocycles. The Hall–Kier alpha value is -0.640. The first-order valence-corrected chi connectivity index (χ1v) is 3.96. The van der Waals surface area contributed by atoms with Gasteiger partial charge in [0, 0.05) is 0 Å². The summed E-state index contributed by atoms with van der Waals surface area (Å²) in [6, 6.07) is 0. The van der Waals surface area contributed by atoms with Crippen LogP contribution < -0.4 is 0 Å². The van der Waals surface area contributed by atoms with E-state index in [9.17, 15) is 9.36 Å². The zero-order valence-electron chi connectivity index (χ0n) is 5.18. The highest BCUT2D eigenvalue weighted by atomic mass is 31.2. The summed E-state index contributed by atoms with van der Waals surface area (Å²) < 4.78 is 10.2. The van der Waals surface area contributed by atoms with Crippen molar-refractivity contribution < 1.29 is 24.3 Å². The molecule has 5 nitrogen and oxygen atoms in total. The Labute approximate surface area is 57.2 Å². The molecule has 0 spiro atoms. The van der Waals surface area contributed by atoms with E-state index in [1.165, 1.54) is 6.92 Å². The number of carboxylic acid groups (broad SMARTS) is 1. The number of hydrogen-bond donors (Lipinski definition) is 3.